The quantitative estimate of drug-likeness (QED) is 0.480. The van der Waals surface area contributed by atoms with Crippen LogP contribution in [0.3, 0.4) is 0 Å². The predicted octanol–water partition coefficient (Wildman–Crippen LogP) is 3.94. The fourth-order valence-corrected chi connectivity index (χ4v) is 1.69. The Kier molecular flexibility index (Phi) is 4.13. The zero-order valence-corrected chi connectivity index (χ0v) is 10.8. The molecule has 0 saturated heterocycles. The summed E-state index contributed by atoms with van der Waals surface area (Å²) in [6.07, 6.45) is -4.81. The number of rotatable bonds is 2. The van der Waals surface area contributed by atoms with Crippen LogP contribution >= 0.6 is 0 Å². The van der Waals surface area contributed by atoms with E-state index in [2.05, 4.69) is 0 Å². The molecule has 112 valence electrons. The summed E-state index contributed by atoms with van der Waals surface area (Å²) in [6.45, 7) is 0. The van der Waals surface area contributed by atoms with Crippen LogP contribution in [0.5, 0.6) is 5.75 Å². The Morgan fingerprint density at radius 1 is 1.09 bits per heavy atom. The summed E-state index contributed by atoms with van der Waals surface area (Å²) < 4.78 is 56.3. The van der Waals surface area contributed by atoms with Gasteiger partial charge in [-0.3, -0.25) is 0 Å². The summed E-state index contributed by atoms with van der Waals surface area (Å²) in [4.78, 5) is 11.8. The number of hydrogen-bond donors (Lipinski definition) is 0. The number of ether oxygens (including phenoxy) is 1. The Hall–Kier alpha value is -2.88. The molecule has 22 heavy (non-hydrogen) atoms. The van der Waals surface area contributed by atoms with E-state index in [0.29, 0.717) is 23.8 Å². The first-order valence-corrected chi connectivity index (χ1v) is 5.90. The van der Waals surface area contributed by atoms with Crippen LogP contribution in [0.4, 0.5) is 17.6 Å². The van der Waals surface area contributed by atoms with Crippen LogP contribution in [0.2, 0.25) is 0 Å². The Morgan fingerprint density at radius 3 is 2.27 bits per heavy atom. The number of halogens is 4. The van der Waals surface area contributed by atoms with Crippen molar-refractivity contribution in [2.24, 2.45) is 0 Å². The van der Waals surface area contributed by atoms with Crippen molar-refractivity contribution in [3.8, 4) is 11.8 Å². The number of nitrogens with zero attached hydrogens (tertiary/aromatic N) is 1. The molecule has 0 bridgehead atoms. The maximum absolute atomic E-state index is 13.1. The molecular weight excluding hydrogens is 302 g/mol. The lowest BCUT2D eigenvalue weighted by Crippen LogP contribution is -2.17. The smallest absolute Gasteiger partial charge is 0.417 e. The summed E-state index contributed by atoms with van der Waals surface area (Å²) in [5.41, 5.74) is -1.91. The Balaban J connectivity index is 2.33. The van der Waals surface area contributed by atoms with E-state index in [4.69, 9.17) is 10.00 Å². The number of alkyl halides is 3. The van der Waals surface area contributed by atoms with Crippen molar-refractivity contribution in [2.45, 2.75) is 6.18 Å². The number of benzene rings is 2. The summed E-state index contributed by atoms with van der Waals surface area (Å²) >= 11 is 0. The Labute approximate surface area is 122 Å². The zero-order valence-electron chi connectivity index (χ0n) is 10.8. The number of esters is 1. The molecule has 0 aliphatic carbocycles. The zero-order chi connectivity index (χ0) is 16.3. The van der Waals surface area contributed by atoms with E-state index < -0.39 is 29.1 Å². The molecule has 0 unspecified atom stereocenters. The number of carbonyl (C=O) groups excluding carboxylic acids is 1. The van der Waals surface area contributed by atoms with Gasteiger partial charge < -0.3 is 4.74 Å². The molecule has 0 aliphatic rings. The number of hydrogen-bond acceptors (Lipinski definition) is 3. The lowest BCUT2D eigenvalue weighted by atomic mass is 10.1. The molecule has 2 aromatic carbocycles. The highest BCUT2D eigenvalue weighted by atomic mass is 19.4. The van der Waals surface area contributed by atoms with Gasteiger partial charge in [0.25, 0.3) is 0 Å². The van der Waals surface area contributed by atoms with E-state index in [9.17, 15) is 22.4 Å². The molecule has 2 rings (SSSR count). The molecule has 0 saturated carbocycles. The van der Waals surface area contributed by atoms with Crippen molar-refractivity contribution in [2.75, 3.05) is 0 Å². The van der Waals surface area contributed by atoms with Crippen molar-refractivity contribution >= 4 is 5.97 Å². The summed E-state index contributed by atoms with van der Waals surface area (Å²) in [7, 11) is 0. The Bertz CT molecular complexity index is 746. The van der Waals surface area contributed by atoms with E-state index in [1.54, 1.807) is 0 Å². The second kappa shape index (κ2) is 5.85. The minimum atomic E-state index is -4.81. The monoisotopic (exact) mass is 309 g/mol. The van der Waals surface area contributed by atoms with Crippen LogP contribution in [-0.2, 0) is 6.18 Å². The predicted molar refractivity (Wildman–Crippen MR) is 67.5 cm³/mol. The lowest BCUT2D eigenvalue weighted by Gasteiger charge is -2.12. The standard InChI is InChI=1S/C15H7F4NO2/c16-10-3-6-13(15(17,18)19)12(7-10)14(21)22-11-4-1-9(8-20)2-5-11/h1-7H. The average molecular weight is 309 g/mol. The Morgan fingerprint density at radius 2 is 1.73 bits per heavy atom. The van der Waals surface area contributed by atoms with Gasteiger partial charge in [0.1, 0.15) is 11.6 Å². The number of nitriles is 1. The van der Waals surface area contributed by atoms with Crippen molar-refractivity contribution in [1.29, 1.82) is 5.26 Å². The lowest BCUT2D eigenvalue weighted by molar-refractivity contribution is -0.138. The SMILES string of the molecule is N#Cc1ccc(OC(=O)c2cc(F)ccc2C(F)(F)F)cc1. The van der Waals surface area contributed by atoms with E-state index in [1.165, 1.54) is 24.3 Å². The fourth-order valence-electron chi connectivity index (χ4n) is 1.69. The third-order valence-corrected chi connectivity index (χ3v) is 2.70. The van der Waals surface area contributed by atoms with Crippen molar-refractivity contribution in [3.05, 3.63) is 65.0 Å². The van der Waals surface area contributed by atoms with Gasteiger partial charge in [0.15, 0.2) is 0 Å². The van der Waals surface area contributed by atoms with Gasteiger partial charge in [-0.1, -0.05) is 0 Å². The second-order valence-corrected chi connectivity index (χ2v) is 4.21. The normalized spacial score (nSPS) is 10.9. The van der Waals surface area contributed by atoms with Crippen LogP contribution in [0, 0.1) is 17.1 Å². The van der Waals surface area contributed by atoms with Gasteiger partial charge in [-0.15, -0.1) is 0 Å². The van der Waals surface area contributed by atoms with Crippen LogP contribution in [0.1, 0.15) is 21.5 Å². The van der Waals surface area contributed by atoms with Crippen molar-refractivity contribution in [3.63, 3.8) is 0 Å². The minimum Gasteiger partial charge on any atom is -0.423 e. The largest absolute Gasteiger partial charge is 0.423 e. The molecule has 3 nitrogen and oxygen atoms in total. The molecule has 7 heteroatoms. The highest BCUT2D eigenvalue weighted by Gasteiger charge is 2.36. The van der Waals surface area contributed by atoms with Gasteiger partial charge in [0, 0.05) is 0 Å². The summed E-state index contributed by atoms with van der Waals surface area (Å²) in [5.74, 6) is -2.38. The molecule has 0 aliphatic heterocycles. The summed E-state index contributed by atoms with van der Waals surface area (Å²) in [5, 5.41) is 8.62. The minimum absolute atomic E-state index is 0.0543. The molecule has 0 atom stereocenters. The first kappa shape index (κ1) is 15.5. The van der Waals surface area contributed by atoms with E-state index in [-0.39, 0.29) is 5.75 Å². The van der Waals surface area contributed by atoms with Gasteiger partial charge >= 0.3 is 12.1 Å². The summed E-state index contributed by atoms with van der Waals surface area (Å²) in [6, 6.07) is 8.56. The second-order valence-electron chi connectivity index (χ2n) is 4.21. The van der Waals surface area contributed by atoms with Gasteiger partial charge in [0.2, 0.25) is 0 Å². The third-order valence-electron chi connectivity index (χ3n) is 2.70. The van der Waals surface area contributed by atoms with Gasteiger partial charge in [-0.25, -0.2) is 9.18 Å². The molecule has 2 aromatic rings. The van der Waals surface area contributed by atoms with Gasteiger partial charge in [-0.2, -0.15) is 18.4 Å². The molecule has 0 radical (unpaired) electrons. The van der Waals surface area contributed by atoms with Gasteiger partial charge in [-0.05, 0) is 42.5 Å². The first-order chi connectivity index (χ1) is 10.3. The third kappa shape index (κ3) is 3.41. The van der Waals surface area contributed by atoms with Crippen LogP contribution in [0.15, 0.2) is 42.5 Å². The number of carbonyl (C=O) groups is 1. The highest BCUT2D eigenvalue weighted by Crippen LogP contribution is 2.32. The van der Waals surface area contributed by atoms with Crippen LogP contribution in [-0.4, -0.2) is 5.97 Å². The molecule has 0 fully saturated rings. The van der Waals surface area contributed by atoms with E-state index >= 15 is 0 Å². The molecule has 0 heterocycles. The highest BCUT2D eigenvalue weighted by molar-refractivity contribution is 5.92. The molecular formula is C15H7F4NO2. The topological polar surface area (TPSA) is 50.1 Å². The van der Waals surface area contributed by atoms with Crippen molar-refractivity contribution < 1.29 is 27.1 Å². The van der Waals surface area contributed by atoms with Crippen molar-refractivity contribution in [1.82, 2.24) is 0 Å². The molecule has 0 N–H and O–H groups in total. The maximum Gasteiger partial charge on any atom is 0.417 e. The maximum atomic E-state index is 13.1. The van der Waals surface area contributed by atoms with E-state index in [0.717, 1.165) is 0 Å². The molecule has 0 spiro atoms. The van der Waals surface area contributed by atoms with Gasteiger partial charge in [0.05, 0.1) is 22.8 Å². The van der Waals surface area contributed by atoms with Crippen LogP contribution < -0.4 is 4.74 Å². The van der Waals surface area contributed by atoms with E-state index in [1.807, 2.05) is 6.07 Å². The fraction of sp³-hybridized carbons (Fsp3) is 0.0667. The first-order valence-electron chi connectivity index (χ1n) is 5.90. The average Bonchev–Trinajstić information content (AvgIpc) is 2.46. The molecule has 0 amide bonds. The van der Waals surface area contributed by atoms with Crippen LogP contribution in [0.25, 0.3) is 0 Å². The molecule has 0 aromatic heterocycles.